The molecule has 442 valence electrons. The molecule has 5 aliphatic rings. The molecule has 0 fully saturated rings. The normalized spacial score (nSPS) is 16.0. The second-order valence-corrected chi connectivity index (χ2v) is 32.6. The SMILES string of the molecule is CC(C)(C)c1ccc(N2B3c4cc5c(cc4-n4c6ccc(C(C)(C)C)cc6c6c7c(c(c3c64)-c3cc4c(cc32)C(C)(C)c2ccc(N(c3ccc(C(C)(C)C)cc3)c3ccc(C(C)(C)C)cc3)cc2-4)-c2ccccc2C7(C)C)-c2ccccc2C5(C)C)cc1. The lowest BCUT2D eigenvalue weighted by molar-refractivity contribution is 0.590. The van der Waals surface area contributed by atoms with Crippen molar-refractivity contribution in [2.75, 3.05) is 9.71 Å². The first-order valence-electron chi connectivity index (χ1n) is 32.8. The van der Waals surface area contributed by atoms with Crippen LogP contribution in [0.15, 0.2) is 182 Å². The molecule has 0 spiro atoms. The minimum absolute atomic E-state index is 0.0138. The van der Waals surface area contributed by atoms with Gasteiger partial charge < -0.3 is 14.3 Å². The molecular weight excluding hydrogens is 1070 g/mol. The van der Waals surface area contributed by atoms with Crippen LogP contribution in [0.5, 0.6) is 0 Å². The zero-order valence-electron chi connectivity index (χ0n) is 55.7. The summed E-state index contributed by atoms with van der Waals surface area (Å²) < 4.78 is 2.75. The standard InChI is InChI=1S/C85H84BN3/c1-79(2,3)49-27-34-53(35-28-49)87(54-36-29-50(30-37-54)80(4,5)6)56-40-41-66-59(44-56)60-45-63-71(48-68(60)84(66,15)16)89(55-38-31-51(32-39-55)81(7,8)9)86-69-47-67-61(57-23-19-21-25-64(57)83(67,13)14)46-72(69)88-70-42-33-52(82(10,11)12)43-62(70)75-76-73(74(63)77(86)78(75)88)58-24-20-22-26-65(58)85(76,17)18/h19-48H,1-18H3. The fourth-order valence-electron chi connectivity index (χ4n) is 17.0. The predicted molar refractivity (Wildman–Crippen MR) is 382 cm³/mol. The summed E-state index contributed by atoms with van der Waals surface area (Å²) in [6.45, 7) is 42.7. The first kappa shape index (κ1) is 55.9. The zero-order valence-corrected chi connectivity index (χ0v) is 55.7. The van der Waals surface area contributed by atoms with E-state index >= 15 is 0 Å². The third-order valence-electron chi connectivity index (χ3n) is 22.0. The van der Waals surface area contributed by atoms with Gasteiger partial charge in [0.25, 0.3) is 0 Å². The molecule has 0 radical (unpaired) electrons. The van der Waals surface area contributed by atoms with Gasteiger partial charge in [-0.15, -0.1) is 0 Å². The van der Waals surface area contributed by atoms with Gasteiger partial charge in [-0.2, -0.15) is 0 Å². The summed E-state index contributed by atoms with van der Waals surface area (Å²) in [7, 11) is 0. The molecule has 3 nitrogen and oxygen atoms in total. The van der Waals surface area contributed by atoms with Crippen molar-refractivity contribution >= 4 is 68.0 Å². The van der Waals surface area contributed by atoms with Gasteiger partial charge in [-0.05, 0) is 206 Å². The molecule has 0 saturated heterocycles. The van der Waals surface area contributed by atoms with Gasteiger partial charge in [0.1, 0.15) is 0 Å². The summed E-state index contributed by atoms with van der Waals surface area (Å²) in [6, 6.07) is 72.5. The maximum atomic E-state index is 2.80. The molecule has 2 aliphatic heterocycles. The van der Waals surface area contributed by atoms with Crippen molar-refractivity contribution in [3.8, 4) is 50.2 Å². The van der Waals surface area contributed by atoms with E-state index in [0.717, 1.165) is 17.1 Å². The third-order valence-corrected chi connectivity index (χ3v) is 22.0. The van der Waals surface area contributed by atoms with Crippen LogP contribution < -0.4 is 20.6 Å². The van der Waals surface area contributed by atoms with E-state index in [1.165, 1.54) is 150 Å². The third kappa shape index (κ3) is 7.71. The van der Waals surface area contributed by atoms with Crippen LogP contribution >= 0.6 is 0 Å². The van der Waals surface area contributed by atoms with Crippen molar-refractivity contribution < 1.29 is 0 Å². The molecule has 4 heteroatoms. The Hall–Kier alpha value is -8.34. The van der Waals surface area contributed by atoms with Crippen molar-refractivity contribution in [3.63, 3.8) is 0 Å². The van der Waals surface area contributed by atoms with E-state index in [-0.39, 0.29) is 44.8 Å². The Labute approximate surface area is 529 Å². The van der Waals surface area contributed by atoms with Gasteiger partial charge in [-0.1, -0.05) is 228 Å². The maximum absolute atomic E-state index is 2.80. The second kappa shape index (κ2) is 18.0. The lowest BCUT2D eigenvalue weighted by atomic mass is 9.43. The molecule has 16 rings (SSSR count). The van der Waals surface area contributed by atoms with E-state index < -0.39 is 0 Å². The lowest BCUT2D eigenvalue weighted by Gasteiger charge is -2.44. The largest absolute Gasteiger partial charge is 0.376 e. The molecular formula is C85H84BN3. The summed E-state index contributed by atoms with van der Waals surface area (Å²) in [5.74, 6) is 0. The Morgan fingerprint density at radius 2 is 0.854 bits per heavy atom. The van der Waals surface area contributed by atoms with E-state index in [1.807, 2.05) is 0 Å². The summed E-state index contributed by atoms with van der Waals surface area (Å²) >= 11 is 0. The van der Waals surface area contributed by atoms with Crippen molar-refractivity contribution in [1.29, 1.82) is 0 Å². The highest BCUT2D eigenvalue weighted by atomic mass is 15.1. The van der Waals surface area contributed by atoms with Crippen LogP contribution in [-0.4, -0.2) is 11.4 Å². The van der Waals surface area contributed by atoms with Gasteiger partial charge in [0.2, 0.25) is 0 Å². The average Bonchev–Trinajstić information content (AvgIpc) is 1.55. The Kier molecular flexibility index (Phi) is 11.3. The van der Waals surface area contributed by atoms with Gasteiger partial charge in [-0.3, -0.25) is 0 Å². The number of fused-ring (bicyclic) bond motifs is 19. The number of hydrogen-bond donors (Lipinski definition) is 0. The Balaban J connectivity index is 1.04. The first-order valence-corrected chi connectivity index (χ1v) is 32.8. The first-order chi connectivity index (χ1) is 42.0. The molecule has 0 bridgehead atoms. The Morgan fingerprint density at radius 1 is 0.371 bits per heavy atom. The van der Waals surface area contributed by atoms with Gasteiger partial charge in [0.05, 0.1) is 11.0 Å². The highest BCUT2D eigenvalue weighted by molar-refractivity contribution is 6.94. The minimum Gasteiger partial charge on any atom is -0.376 e. The van der Waals surface area contributed by atoms with E-state index in [1.54, 1.807) is 0 Å². The monoisotopic (exact) mass is 1160 g/mol. The van der Waals surface area contributed by atoms with Gasteiger partial charge in [0, 0.05) is 66.7 Å². The molecule has 1 aromatic heterocycles. The molecule has 10 aromatic carbocycles. The highest BCUT2D eigenvalue weighted by Gasteiger charge is 2.52. The predicted octanol–water partition coefficient (Wildman–Crippen LogP) is 21.6. The molecule has 0 amide bonds. The second-order valence-electron chi connectivity index (χ2n) is 32.6. The average molecular weight is 1160 g/mol. The molecule has 3 aliphatic carbocycles. The molecule has 89 heavy (non-hydrogen) atoms. The van der Waals surface area contributed by atoms with Crippen LogP contribution in [0.3, 0.4) is 0 Å². The number of rotatable bonds is 4. The number of nitrogens with zero attached hydrogens (tertiary/aromatic N) is 3. The topological polar surface area (TPSA) is 11.4 Å². The lowest BCUT2D eigenvalue weighted by Crippen LogP contribution is -2.61. The highest BCUT2D eigenvalue weighted by Crippen LogP contribution is 2.62. The maximum Gasteiger partial charge on any atom is 0.333 e. The van der Waals surface area contributed by atoms with Crippen LogP contribution in [0.4, 0.5) is 28.4 Å². The van der Waals surface area contributed by atoms with Crippen molar-refractivity contribution in [1.82, 2.24) is 4.57 Å². The van der Waals surface area contributed by atoms with Crippen molar-refractivity contribution in [3.05, 3.63) is 238 Å². The Bertz CT molecular complexity index is 4820. The van der Waals surface area contributed by atoms with Gasteiger partial charge >= 0.3 is 6.85 Å². The fourth-order valence-corrected chi connectivity index (χ4v) is 17.0. The number of hydrogen-bond acceptors (Lipinski definition) is 2. The van der Waals surface area contributed by atoms with E-state index in [0.29, 0.717) is 0 Å². The molecule has 0 unspecified atom stereocenters. The fraction of sp³-hybridized carbons (Fsp3) is 0.294. The molecule has 0 atom stereocenters. The molecule has 3 heterocycles. The van der Waals surface area contributed by atoms with Crippen LogP contribution in [0, 0.1) is 0 Å². The molecule has 0 saturated carbocycles. The number of benzene rings is 10. The van der Waals surface area contributed by atoms with Gasteiger partial charge in [0.15, 0.2) is 0 Å². The molecule has 0 N–H and O–H groups in total. The van der Waals surface area contributed by atoms with Gasteiger partial charge in [-0.25, -0.2) is 0 Å². The summed E-state index contributed by atoms with van der Waals surface area (Å²) in [6.07, 6.45) is 0. The minimum atomic E-state index is -0.313. The van der Waals surface area contributed by atoms with Crippen LogP contribution in [0.1, 0.15) is 180 Å². The van der Waals surface area contributed by atoms with Crippen LogP contribution in [-0.2, 0) is 37.9 Å². The van der Waals surface area contributed by atoms with Crippen molar-refractivity contribution in [2.24, 2.45) is 0 Å². The summed E-state index contributed by atoms with van der Waals surface area (Å²) in [4.78, 5) is 5.29. The zero-order chi connectivity index (χ0) is 62.3. The quantitative estimate of drug-likeness (QED) is 0.163. The molecule has 11 aromatic rings. The number of aromatic nitrogens is 1. The van der Waals surface area contributed by atoms with E-state index in [9.17, 15) is 0 Å². The summed E-state index contributed by atoms with van der Waals surface area (Å²) in [5.41, 5.74) is 36.2. The number of anilines is 5. The van der Waals surface area contributed by atoms with Crippen LogP contribution in [0.2, 0.25) is 0 Å². The van der Waals surface area contributed by atoms with Crippen molar-refractivity contribution in [2.45, 2.75) is 163 Å². The Morgan fingerprint density at radius 3 is 1.44 bits per heavy atom. The van der Waals surface area contributed by atoms with E-state index in [4.69, 9.17) is 0 Å². The van der Waals surface area contributed by atoms with Crippen LogP contribution in [0.25, 0.3) is 72.0 Å². The van der Waals surface area contributed by atoms with E-state index in [2.05, 4.69) is 321 Å². The smallest absolute Gasteiger partial charge is 0.333 e. The summed E-state index contributed by atoms with van der Waals surface area (Å²) in [5, 5.41) is 2.74.